The third-order valence-corrected chi connectivity index (χ3v) is 3.94. The van der Waals surface area contributed by atoms with E-state index in [1.54, 1.807) is 0 Å². The van der Waals surface area contributed by atoms with Crippen molar-refractivity contribution >= 4 is 9.84 Å². The highest BCUT2D eigenvalue weighted by Gasteiger charge is 2.37. The van der Waals surface area contributed by atoms with Crippen molar-refractivity contribution in [1.29, 1.82) is 0 Å². The molecular weight excluding hydrogens is 206 g/mol. The van der Waals surface area contributed by atoms with Crippen LogP contribution in [0.2, 0.25) is 0 Å². The van der Waals surface area contributed by atoms with Gasteiger partial charge in [0.2, 0.25) is 5.89 Å². The minimum atomic E-state index is -2.83. The molecule has 0 spiro atoms. The van der Waals surface area contributed by atoms with E-state index in [2.05, 4.69) is 10.1 Å². The van der Waals surface area contributed by atoms with Crippen molar-refractivity contribution in [2.75, 3.05) is 18.1 Å². The molecule has 0 atom stereocenters. The Kier molecular flexibility index (Phi) is 2.28. The van der Waals surface area contributed by atoms with Crippen LogP contribution in [0.4, 0.5) is 0 Å². The molecule has 1 aliphatic heterocycles. The van der Waals surface area contributed by atoms with Crippen LogP contribution in [0.25, 0.3) is 0 Å². The Labute approximate surface area is 81.4 Å². The summed E-state index contributed by atoms with van der Waals surface area (Å²) in [6.07, 6.45) is 0.534. The molecule has 0 amide bonds. The topological polar surface area (TPSA) is 99.1 Å². The van der Waals surface area contributed by atoms with Gasteiger partial charge in [0.1, 0.15) is 0 Å². The van der Waals surface area contributed by atoms with Crippen molar-refractivity contribution in [2.45, 2.75) is 12.3 Å². The predicted octanol–water partition coefficient (Wildman–Crippen LogP) is -0.917. The summed E-state index contributed by atoms with van der Waals surface area (Å²) in [4.78, 5) is 4.07. The third-order valence-electron chi connectivity index (χ3n) is 2.12. The van der Waals surface area contributed by atoms with Crippen molar-refractivity contribution in [3.63, 3.8) is 0 Å². The van der Waals surface area contributed by atoms with E-state index < -0.39 is 9.84 Å². The number of nitrogens with zero attached hydrogens (tertiary/aromatic N) is 2. The van der Waals surface area contributed by atoms with Gasteiger partial charge in [-0.15, -0.1) is 0 Å². The standard InChI is InChI=1S/C7H11N3O3S/c8-2-1-6-9-7(10-13-6)5-3-14(11,12)4-5/h5H,1-4,8H2. The Morgan fingerprint density at radius 1 is 1.50 bits per heavy atom. The van der Waals surface area contributed by atoms with Crippen LogP contribution >= 0.6 is 0 Å². The first-order valence-electron chi connectivity index (χ1n) is 4.34. The summed E-state index contributed by atoms with van der Waals surface area (Å²) in [5, 5.41) is 3.72. The van der Waals surface area contributed by atoms with Gasteiger partial charge in [-0.1, -0.05) is 5.16 Å². The fourth-order valence-electron chi connectivity index (χ4n) is 1.37. The number of hydrogen-bond acceptors (Lipinski definition) is 6. The second kappa shape index (κ2) is 3.32. The van der Waals surface area contributed by atoms with Crippen molar-refractivity contribution in [1.82, 2.24) is 10.1 Å². The summed E-state index contributed by atoms with van der Waals surface area (Å²) in [6.45, 7) is 0.449. The molecule has 78 valence electrons. The Morgan fingerprint density at radius 2 is 2.21 bits per heavy atom. The average molecular weight is 217 g/mol. The molecule has 7 heteroatoms. The van der Waals surface area contributed by atoms with E-state index in [0.717, 1.165) is 0 Å². The molecular formula is C7H11N3O3S. The normalized spacial score (nSPS) is 20.6. The molecule has 1 aliphatic rings. The maximum absolute atomic E-state index is 10.9. The molecule has 1 fully saturated rings. The molecule has 1 aromatic heterocycles. The van der Waals surface area contributed by atoms with Crippen LogP contribution in [0, 0.1) is 0 Å². The van der Waals surface area contributed by atoms with Crippen LogP contribution in [0.3, 0.4) is 0 Å². The lowest BCUT2D eigenvalue weighted by atomic mass is 10.2. The van der Waals surface area contributed by atoms with Gasteiger partial charge in [-0.3, -0.25) is 0 Å². The SMILES string of the molecule is NCCc1nc(C2CS(=O)(=O)C2)no1. The monoisotopic (exact) mass is 217 g/mol. The van der Waals surface area contributed by atoms with Gasteiger partial charge in [0.25, 0.3) is 0 Å². The van der Waals surface area contributed by atoms with Crippen molar-refractivity contribution in [3.05, 3.63) is 11.7 Å². The Balaban J connectivity index is 2.04. The van der Waals surface area contributed by atoms with E-state index in [1.807, 2.05) is 0 Å². The van der Waals surface area contributed by atoms with Gasteiger partial charge in [0, 0.05) is 13.0 Å². The summed E-state index contributed by atoms with van der Waals surface area (Å²) < 4.78 is 26.7. The lowest BCUT2D eigenvalue weighted by Crippen LogP contribution is -2.34. The first-order valence-corrected chi connectivity index (χ1v) is 6.16. The summed E-state index contributed by atoms with van der Waals surface area (Å²) in [5.74, 6) is 1.15. The number of aromatic nitrogens is 2. The Hall–Kier alpha value is -0.950. The maximum atomic E-state index is 10.9. The van der Waals surface area contributed by atoms with E-state index in [0.29, 0.717) is 24.7 Å². The van der Waals surface area contributed by atoms with E-state index in [1.165, 1.54) is 0 Å². The van der Waals surface area contributed by atoms with E-state index in [-0.39, 0.29) is 17.4 Å². The highest BCUT2D eigenvalue weighted by Crippen LogP contribution is 2.26. The van der Waals surface area contributed by atoms with Crippen LogP contribution in [-0.4, -0.2) is 36.6 Å². The first-order chi connectivity index (χ1) is 6.61. The number of nitrogens with two attached hydrogens (primary N) is 1. The molecule has 0 bridgehead atoms. The van der Waals surface area contributed by atoms with Crippen LogP contribution in [-0.2, 0) is 16.3 Å². The van der Waals surface area contributed by atoms with Gasteiger partial charge in [-0.25, -0.2) is 8.42 Å². The fourth-order valence-corrected chi connectivity index (χ4v) is 2.80. The average Bonchev–Trinajstić information content (AvgIpc) is 2.49. The van der Waals surface area contributed by atoms with Gasteiger partial charge in [0.05, 0.1) is 17.4 Å². The first kappa shape index (κ1) is 9.60. The Bertz CT molecular complexity index is 413. The van der Waals surface area contributed by atoms with E-state index >= 15 is 0 Å². The van der Waals surface area contributed by atoms with Crippen LogP contribution < -0.4 is 5.73 Å². The van der Waals surface area contributed by atoms with Gasteiger partial charge >= 0.3 is 0 Å². The minimum Gasteiger partial charge on any atom is -0.339 e. The zero-order chi connectivity index (χ0) is 10.2. The van der Waals surface area contributed by atoms with E-state index in [9.17, 15) is 8.42 Å². The molecule has 14 heavy (non-hydrogen) atoms. The van der Waals surface area contributed by atoms with Crippen molar-refractivity contribution in [2.24, 2.45) is 5.73 Å². The molecule has 1 saturated heterocycles. The molecule has 0 aliphatic carbocycles. The summed E-state index contributed by atoms with van der Waals surface area (Å²) in [6, 6.07) is 0. The smallest absolute Gasteiger partial charge is 0.227 e. The summed E-state index contributed by atoms with van der Waals surface area (Å²) in [7, 11) is -2.83. The van der Waals surface area contributed by atoms with Crippen LogP contribution in [0.5, 0.6) is 0 Å². The van der Waals surface area contributed by atoms with Crippen LogP contribution in [0.1, 0.15) is 17.6 Å². The van der Waals surface area contributed by atoms with Crippen molar-refractivity contribution < 1.29 is 12.9 Å². The zero-order valence-electron chi connectivity index (χ0n) is 7.51. The lowest BCUT2D eigenvalue weighted by molar-refractivity contribution is 0.371. The quantitative estimate of drug-likeness (QED) is 0.703. The second-order valence-corrected chi connectivity index (χ2v) is 5.51. The number of sulfone groups is 1. The number of hydrogen-bond donors (Lipinski definition) is 1. The largest absolute Gasteiger partial charge is 0.339 e. The molecule has 2 N–H and O–H groups in total. The van der Waals surface area contributed by atoms with Crippen LogP contribution in [0.15, 0.2) is 4.52 Å². The summed E-state index contributed by atoms with van der Waals surface area (Å²) in [5.41, 5.74) is 5.31. The summed E-state index contributed by atoms with van der Waals surface area (Å²) >= 11 is 0. The molecule has 0 unspecified atom stereocenters. The van der Waals surface area contributed by atoms with E-state index in [4.69, 9.17) is 10.3 Å². The minimum absolute atomic E-state index is 0.0877. The van der Waals surface area contributed by atoms with Gasteiger partial charge < -0.3 is 10.3 Å². The zero-order valence-corrected chi connectivity index (χ0v) is 8.33. The Morgan fingerprint density at radius 3 is 2.79 bits per heavy atom. The third kappa shape index (κ3) is 1.78. The second-order valence-electron chi connectivity index (χ2n) is 3.36. The highest BCUT2D eigenvalue weighted by molar-refractivity contribution is 7.92. The van der Waals surface area contributed by atoms with Gasteiger partial charge in [-0.05, 0) is 0 Å². The van der Waals surface area contributed by atoms with Gasteiger partial charge in [-0.2, -0.15) is 4.98 Å². The highest BCUT2D eigenvalue weighted by atomic mass is 32.2. The number of rotatable bonds is 3. The lowest BCUT2D eigenvalue weighted by Gasteiger charge is -2.21. The van der Waals surface area contributed by atoms with Crippen molar-refractivity contribution in [3.8, 4) is 0 Å². The predicted molar refractivity (Wildman–Crippen MR) is 48.5 cm³/mol. The molecule has 0 saturated carbocycles. The maximum Gasteiger partial charge on any atom is 0.227 e. The molecule has 2 heterocycles. The molecule has 6 nitrogen and oxygen atoms in total. The fraction of sp³-hybridized carbons (Fsp3) is 0.714. The molecule has 0 radical (unpaired) electrons. The molecule has 0 aromatic carbocycles. The van der Waals surface area contributed by atoms with Gasteiger partial charge in [0.15, 0.2) is 15.7 Å². The molecule has 2 rings (SSSR count). The molecule has 1 aromatic rings.